The molecule has 0 saturated heterocycles. The smallest absolute Gasteiger partial charge is 0.224 e. The summed E-state index contributed by atoms with van der Waals surface area (Å²) in [6.07, 6.45) is 0.453. The second-order valence-electron chi connectivity index (χ2n) is 5.32. The molecule has 0 saturated carbocycles. The number of hydrogen-bond donors (Lipinski definition) is 1. The number of carbonyl (C=O) groups is 1. The molecule has 1 N–H and O–H groups in total. The number of amides is 1. The number of carbonyl (C=O) groups excluding carboxylic acids is 1. The number of benzene rings is 2. The van der Waals surface area contributed by atoms with Gasteiger partial charge < -0.3 is 10.1 Å². The van der Waals surface area contributed by atoms with Crippen molar-refractivity contribution in [2.75, 3.05) is 5.32 Å². The van der Waals surface area contributed by atoms with Crippen LogP contribution >= 0.6 is 38.5 Å². The van der Waals surface area contributed by atoms with Crippen molar-refractivity contribution in [1.29, 1.82) is 0 Å². The minimum atomic E-state index is 0.000566. The molecule has 1 amide bonds. The summed E-state index contributed by atoms with van der Waals surface area (Å²) < 4.78 is 7.99. The Morgan fingerprint density at radius 3 is 2.65 bits per heavy atom. The second-order valence-corrected chi connectivity index (χ2v) is 7.34. The Morgan fingerprint density at radius 2 is 1.96 bits per heavy atom. The lowest BCUT2D eigenvalue weighted by Gasteiger charge is -2.15. The van der Waals surface area contributed by atoms with Crippen molar-refractivity contribution >= 4 is 50.1 Å². The summed E-state index contributed by atoms with van der Waals surface area (Å²) in [4.78, 5) is 11.7. The first-order valence-corrected chi connectivity index (χ1v) is 9.26. The lowest BCUT2D eigenvalue weighted by Crippen LogP contribution is -2.13. The largest absolute Gasteiger partial charge is 0.488 e. The van der Waals surface area contributed by atoms with Crippen LogP contribution < -0.4 is 10.1 Å². The summed E-state index contributed by atoms with van der Waals surface area (Å²) in [6.45, 7) is 6.38. The summed E-state index contributed by atoms with van der Waals surface area (Å²) in [5.74, 6) is 0.807. The molecule has 0 unspecified atom stereocenters. The minimum absolute atomic E-state index is 0.000566. The molecule has 0 heterocycles. The lowest BCUT2D eigenvalue weighted by molar-refractivity contribution is -0.115. The quantitative estimate of drug-likeness (QED) is 0.557. The fourth-order valence-electron chi connectivity index (χ4n) is 2.08. The second kappa shape index (κ2) is 8.15. The molecule has 122 valence electrons. The number of halogens is 2. The first-order valence-electron chi connectivity index (χ1n) is 7.39. The van der Waals surface area contributed by atoms with E-state index >= 15 is 0 Å². The van der Waals surface area contributed by atoms with Gasteiger partial charge in [-0.1, -0.05) is 13.0 Å². The van der Waals surface area contributed by atoms with Gasteiger partial charge in [-0.05, 0) is 87.8 Å². The zero-order valence-corrected chi connectivity index (χ0v) is 17.1. The third kappa shape index (κ3) is 4.70. The van der Waals surface area contributed by atoms with E-state index in [1.165, 1.54) is 11.1 Å². The van der Waals surface area contributed by atoms with Gasteiger partial charge in [-0.15, -0.1) is 0 Å². The van der Waals surface area contributed by atoms with Gasteiger partial charge in [-0.25, -0.2) is 0 Å². The average Bonchev–Trinajstić information content (AvgIpc) is 2.51. The van der Waals surface area contributed by atoms with Crippen LogP contribution in [0.25, 0.3) is 0 Å². The zero-order chi connectivity index (χ0) is 17.0. The Hall–Kier alpha value is -1.08. The molecule has 0 fully saturated rings. The van der Waals surface area contributed by atoms with Gasteiger partial charge in [0.15, 0.2) is 0 Å². The van der Waals surface area contributed by atoms with Gasteiger partial charge in [0.1, 0.15) is 12.4 Å². The van der Waals surface area contributed by atoms with E-state index in [9.17, 15) is 4.79 Å². The van der Waals surface area contributed by atoms with E-state index in [-0.39, 0.29) is 5.91 Å². The zero-order valence-electron chi connectivity index (χ0n) is 13.4. The van der Waals surface area contributed by atoms with Gasteiger partial charge in [-0.2, -0.15) is 0 Å². The van der Waals surface area contributed by atoms with Gasteiger partial charge in [0.05, 0.1) is 4.47 Å². The molecule has 0 aliphatic carbocycles. The monoisotopic (exact) mass is 487 g/mol. The Bertz CT molecular complexity index is 731. The van der Waals surface area contributed by atoms with Crippen LogP contribution in [0.2, 0.25) is 0 Å². The van der Waals surface area contributed by atoms with Gasteiger partial charge >= 0.3 is 0 Å². The SMILES string of the molecule is CCC(=O)Nc1cccc(I)c1COc1cc(C)c(C)cc1Br. The summed E-state index contributed by atoms with van der Waals surface area (Å²) in [7, 11) is 0. The molecule has 2 rings (SSSR count). The molecule has 3 nitrogen and oxygen atoms in total. The van der Waals surface area contributed by atoms with Gasteiger partial charge in [-0.3, -0.25) is 4.79 Å². The molecule has 0 aliphatic heterocycles. The summed E-state index contributed by atoms with van der Waals surface area (Å²) in [6, 6.07) is 9.93. The van der Waals surface area contributed by atoms with Crippen molar-refractivity contribution in [3.8, 4) is 5.75 Å². The van der Waals surface area contributed by atoms with E-state index in [2.05, 4.69) is 63.8 Å². The Balaban J connectivity index is 2.23. The van der Waals surface area contributed by atoms with Crippen LogP contribution in [0.15, 0.2) is 34.8 Å². The lowest BCUT2D eigenvalue weighted by atomic mass is 10.1. The van der Waals surface area contributed by atoms with Crippen LogP contribution in [-0.4, -0.2) is 5.91 Å². The standard InChI is InChI=1S/C18H19BrINO2/c1-4-18(22)21-16-7-5-6-15(20)13(16)10-23-17-9-12(3)11(2)8-14(17)19/h5-9H,4,10H2,1-3H3,(H,21,22). The first-order chi connectivity index (χ1) is 10.9. The molecule has 0 aromatic heterocycles. The molecule has 2 aromatic rings. The predicted molar refractivity (Wildman–Crippen MR) is 106 cm³/mol. The molecule has 0 atom stereocenters. The fourth-order valence-corrected chi connectivity index (χ4v) is 3.30. The van der Waals surface area contributed by atoms with E-state index in [0.717, 1.165) is 25.0 Å². The molecule has 0 bridgehead atoms. The highest BCUT2D eigenvalue weighted by Crippen LogP contribution is 2.30. The minimum Gasteiger partial charge on any atom is -0.488 e. The van der Waals surface area contributed by atoms with Crippen LogP contribution in [0, 0.1) is 17.4 Å². The van der Waals surface area contributed by atoms with Gasteiger partial charge in [0, 0.05) is 21.2 Å². The van der Waals surface area contributed by atoms with Crippen LogP contribution in [0.5, 0.6) is 5.75 Å². The maximum Gasteiger partial charge on any atom is 0.224 e. The number of nitrogens with one attached hydrogen (secondary N) is 1. The molecular weight excluding hydrogens is 469 g/mol. The Morgan fingerprint density at radius 1 is 1.26 bits per heavy atom. The Labute approximate surface area is 159 Å². The third-order valence-electron chi connectivity index (χ3n) is 3.63. The highest BCUT2D eigenvalue weighted by Gasteiger charge is 2.11. The van der Waals surface area contributed by atoms with Crippen molar-refractivity contribution < 1.29 is 9.53 Å². The van der Waals surface area contributed by atoms with E-state index in [1.807, 2.05) is 31.2 Å². The van der Waals surface area contributed by atoms with Crippen LogP contribution in [0.4, 0.5) is 5.69 Å². The topological polar surface area (TPSA) is 38.3 Å². The molecule has 0 radical (unpaired) electrons. The maximum absolute atomic E-state index is 11.7. The molecule has 5 heteroatoms. The number of anilines is 1. The van der Waals surface area contributed by atoms with E-state index in [4.69, 9.17) is 4.74 Å². The van der Waals surface area contributed by atoms with Crippen molar-refractivity contribution in [3.63, 3.8) is 0 Å². The molecular formula is C18H19BrINO2. The highest BCUT2D eigenvalue weighted by molar-refractivity contribution is 14.1. The van der Waals surface area contributed by atoms with Gasteiger partial charge in [0.25, 0.3) is 0 Å². The van der Waals surface area contributed by atoms with Crippen LogP contribution in [0.1, 0.15) is 30.0 Å². The molecule has 0 aliphatic rings. The van der Waals surface area contributed by atoms with Crippen molar-refractivity contribution in [2.24, 2.45) is 0 Å². The molecule has 0 spiro atoms. The maximum atomic E-state index is 11.7. The fraction of sp³-hybridized carbons (Fsp3) is 0.278. The third-order valence-corrected chi connectivity index (χ3v) is 5.26. The number of aryl methyl sites for hydroxylation is 2. The normalized spacial score (nSPS) is 10.5. The van der Waals surface area contributed by atoms with E-state index < -0.39 is 0 Å². The predicted octanol–water partition coefficient (Wildman–Crippen LogP) is 5.60. The van der Waals surface area contributed by atoms with Crippen LogP contribution in [-0.2, 0) is 11.4 Å². The van der Waals surface area contributed by atoms with Crippen molar-refractivity contribution in [3.05, 3.63) is 55.1 Å². The van der Waals surface area contributed by atoms with Crippen molar-refractivity contribution in [2.45, 2.75) is 33.8 Å². The Kier molecular flexibility index (Phi) is 6.47. The van der Waals surface area contributed by atoms with Gasteiger partial charge in [0.2, 0.25) is 5.91 Å². The number of rotatable bonds is 5. The van der Waals surface area contributed by atoms with E-state index in [0.29, 0.717) is 13.0 Å². The van der Waals surface area contributed by atoms with E-state index in [1.54, 1.807) is 0 Å². The average molecular weight is 488 g/mol. The molecule has 23 heavy (non-hydrogen) atoms. The molecule has 2 aromatic carbocycles. The first kappa shape index (κ1) is 18.3. The number of hydrogen-bond acceptors (Lipinski definition) is 2. The number of ether oxygens (including phenoxy) is 1. The van der Waals surface area contributed by atoms with Crippen LogP contribution in [0.3, 0.4) is 0 Å². The summed E-state index contributed by atoms with van der Waals surface area (Å²) in [5, 5.41) is 2.94. The summed E-state index contributed by atoms with van der Waals surface area (Å²) >= 11 is 5.81. The highest BCUT2D eigenvalue weighted by atomic mass is 127. The van der Waals surface area contributed by atoms with Crippen molar-refractivity contribution in [1.82, 2.24) is 0 Å². The summed E-state index contributed by atoms with van der Waals surface area (Å²) in [5.41, 5.74) is 4.20.